The zero-order valence-electron chi connectivity index (χ0n) is 42.0. The molecule has 0 radical (unpaired) electrons. The van der Waals surface area contributed by atoms with Gasteiger partial charge in [-0.2, -0.15) is 0 Å². The van der Waals surface area contributed by atoms with Crippen molar-refractivity contribution in [3.05, 3.63) is 122 Å². The van der Waals surface area contributed by atoms with Gasteiger partial charge in [0.1, 0.15) is 12.7 Å². The van der Waals surface area contributed by atoms with Crippen LogP contribution in [-0.4, -0.2) is 66.5 Å². The Kier molecular flexibility index (Phi) is 46.3. The number of aliphatic hydroxyl groups is 1. The van der Waals surface area contributed by atoms with E-state index < -0.39 is 57.8 Å². The smallest absolute Gasteiger partial charge is 0.462 e. The van der Waals surface area contributed by atoms with E-state index in [2.05, 4.69) is 124 Å². The van der Waals surface area contributed by atoms with Crippen molar-refractivity contribution in [1.82, 2.24) is 0 Å². The maximum Gasteiger partial charge on any atom is 0.472 e. The molecule has 3 atom stereocenters. The lowest BCUT2D eigenvalue weighted by Crippen LogP contribution is -2.30. The molecule has 11 nitrogen and oxygen atoms in total. The number of carbonyl (C=O) groups is 3. The van der Waals surface area contributed by atoms with Crippen molar-refractivity contribution in [3.63, 3.8) is 0 Å². The molecular formula is C56H89O11P. The van der Waals surface area contributed by atoms with Crippen molar-refractivity contribution in [2.45, 2.75) is 187 Å². The summed E-state index contributed by atoms with van der Waals surface area (Å²) in [6.45, 7) is 4.12. The number of esters is 3. The SMILES string of the molecule is CC/C=C\C/C=C\C/C=C\C/C=C\CCC(=O)OC(CO)COP(=O)(O)OCC(COC(=O)CCCCC/C=C\C/C=C\C/C=C\CC)OC(=O)CCCCCCC/C=C\C/C=C\C/C=C\CC. The molecule has 0 saturated heterocycles. The Labute approximate surface area is 411 Å². The van der Waals surface area contributed by atoms with E-state index in [4.69, 9.17) is 23.3 Å². The molecule has 68 heavy (non-hydrogen) atoms. The van der Waals surface area contributed by atoms with Crippen molar-refractivity contribution in [2.75, 3.05) is 26.4 Å². The first kappa shape index (κ1) is 63.9. The lowest BCUT2D eigenvalue weighted by molar-refractivity contribution is -0.161. The first-order chi connectivity index (χ1) is 33.2. The Morgan fingerprint density at radius 2 is 0.750 bits per heavy atom. The van der Waals surface area contributed by atoms with Gasteiger partial charge in [0, 0.05) is 19.3 Å². The standard InChI is InChI=1S/C56H89O11P/c1-4-7-10-13-16-19-22-25-26-29-32-35-38-41-44-47-56(60)67-53(49-63-54(58)45-42-39-36-33-30-27-23-20-17-14-11-8-5-2)51-65-68(61,62)64-50-52(48-57)66-55(59)46-43-40-37-34-31-28-24-21-18-15-12-9-6-3/h7-12,16-21,25-28,30-31,37,40,52-53,57H,4-6,13-15,22-24,29,32-36,38-39,41-51H2,1-3H3,(H,61,62)/b10-7-,11-8-,12-9-,19-16-,20-17-,21-18-,26-25-,30-27-,31-28-,40-37-. The van der Waals surface area contributed by atoms with E-state index in [1.165, 1.54) is 0 Å². The Morgan fingerprint density at radius 3 is 1.21 bits per heavy atom. The normalized spacial score (nSPS) is 14.5. The van der Waals surface area contributed by atoms with E-state index >= 15 is 0 Å². The van der Waals surface area contributed by atoms with Crippen LogP contribution in [0.1, 0.15) is 175 Å². The molecule has 0 amide bonds. The van der Waals surface area contributed by atoms with Gasteiger partial charge in [-0.05, 0) is 109 Å². The molecule has 0 fully saturated rings. The predicted octanol–water partition coefficient (Wildman–Crippen LogP) is 14.5. The molecule has 0 bridgehead atoms. The molecule has 0 aliphatic rings. The summed E-state index contributed by atoms with van der Waals surface area (Å²) in [7, 11) is -4.78. The largest absolute Gasteiger partial charge is 0.472 e. The maximum absolute atomic E-state index is 12.8. The molecule has 3 unspecified atom stereocenters. The molecule has 0 rings (SSSR count). The third-order valence-electron chi connectivity index (χ3n) is 9.87. The van der Waals surface area contributed by atoms with Crippen LogP contribution in [0.2, 0.25) is 0 Å². The van der Waals surface area contributed by atoms with Gasteiger partial charge in [-0.3, -0.25) is 23.4 Å². The first-order valence-electron chi connectivity index (χ1n) is 25.4. The maximum atomic E-state index is 12.8. The van der Waals surface area contributed by atoms with Gasteiger partial charge in [-0.15, -0.1) is 0 Å². The second-order valence-electron chi connectivity index (χ2n) is 16.2. The van der Waals surface area contributed by atoms with Crippen LogP contribution in [0.4, 0.5) is 0 Å². The fraction of sp³-hybridized carbons (Fsp3) is 0.589. The molecule has 0 aliphatic carbocycles. The number of phosphoric ester groups is 1. The lowest BCUT2D eigenvalue weighted by atomic mass is 10.1. The monoisotopic (exact) mass is 969 g/mol. The topological polar surface area (TPSA) is 155 Å². The van der Waals surface area contributed by atoms with Gasteiger partial charge >= 0.3 is 25.7 Å². The molecule has 0 aliphatic heterocycles. The van der Waals surface area contributed by atoms with E-state index in [0.29, 0.717) is 19.3 Å². The summed E-state index contributed by atoms with van der Waals surface area (Å²) >= 11 is 0. The number of ether oxygens (including phenoxy) is 3. The molecule has 0 saturated carbocycles. The molecule has 2 N–H and O–H groups in total. The van der Waals surface area contributed by atoms with Crippen LogP contribution >= 0.6 is 7.82 Å². The van der Waals surface area contributed by atoms with Crippen LogP contribution in [0.3, 0.4) is 0 Å². The summed E-state index contributed by atoms with van der Waals surface area (Å²) in [4.78, 5) is 48.3. The number of hydrogen-bond donors (Lipinski definition) is 2. The first-order valence-corrected chi connectivity index (χ1v) is 26.9. The van der Waals surface area contributed by atoms with Crippen LogP contribution in [0.25, 0.3) is 0 Å². The summed E-state index contributed by atoms with van der Waals surface area (Å²) in [5.74, 6) is -1.63. The van der Waals surface area contributed by atoms with Crippen LogP contribution < -0.4 is 0 Å². The van der Waals surface area contributed by atoms with Crippen molar-refractivity contribution < 1.29 is 52.2 Å². The van der Waals surface area contributed by atoms with Crippen LogP contribution in [0, 0.1) is 0 Å². The number of allylic oxidation sites excluding steroid dienone is 20. The molecule has 0 aromatic heterocycles. The number of unbranched alkanes of at least 4 members (excludes halogenated alkanes) is 8. The summed E-state index contributed by atoms with van der Waals surface area (Å²) in [5.41, 5.74) is 0. The van der Waals surface area contributed by atoms with Gasteiger partial charge < -0.3 is 24.2 Å². The number of carbonyl (C=O) groups excluding carboxylic acids is 3. The fourth-order valence-electron chi connectivity index (χ4n) is 6.10. The highest BCUT2D eigenvalue weighted by Gasteiger charge is 2.28. The Bertz CT molecular complexity index is 1600. The van der Waals surface area contributed by atoms with Gasteiger partial charge in [0.25, 0.3) is 0 Å². The zero-order valence-corrected chi connectivity index (χ0v) is 42.9. The number of aliphatic hydroxyl groups excluding tert-OH is 1. The Morgan fingerprint density at radius 1 is 0.412 bits per heavy atom. The van der Waals surface area contributed by atoms with Gasteiger partial charge in [-0.1, -0.05) is 168 Å². The quantitative estimate of drug-likeness (QED) is 0.0197. The van der Waals surface area contributed by atoms with Crippen molar-refractivity contribution in [3.8, 4) is 0 Å². The highest BCUT2D eigenvalue weighted by Crippen LogP contribution is 2.43. The minimum Gasteiger partial charge on any atom is -0.462 e. The third kappa shape index (κ3) is 47.0. The van der Waals surface area contributed by atoms with E-state index in [9.17, 15) is 28.9 Å². The molecule has 384 valence electrons. The highest BCUT2D eigenvalue weighted by molar-refractivity contribution is 7.47. The molecule has 0 aromatic rings. The average Bonchev–Trinajstić information content (AvgIpc) is 3.32. The van der Waals surface area contributed by atoms with Gasteiger partial charge in [0.05, 0.1) is 19.8 Å². The van der Waals surface area contributed by atoms with E-state index in [1.54, 1.807) is 0 Å². The van der Waals surface area contributed by atoms with Gasteiger partial charge in [0.2, 0.25) is 0 Å². The zero-order chi connectivity index (χ0) is 49.9. The summed E-state index contributed by atoms with van der Waals surface area (Å²) < 4.78 is 39.2. The van der Waals surface area contributed by atoms with E-state index in [0.717, 1.165) is 116 Å². The van der Waals surface area contributed by atoms with Gasteiger partial charge in [0.15, 0.2) is 6.10 Å². The Hall–Kier alpha value is -4.12. The van der Waals surface area contributed by atoms with Gasteiger partial charge in [-0.25, -0.2) is 4.57 Å². The van der Waals surface area contributed by atoms with Crippen molar-refractivity contribution in [1.29, 1.82) is 0 Å². The number of rotatable bonds is 45. The summed E-state index contributed by atoms with van der Waals surface area (Å²) in [5, 5.41) is 9.75. The second-order valence-corrected chi connectivity index (χ2v) is 17.6. The minimum atomic E-state index is -4.78. The van der Waals surface area contributed by atoms with Crippen LogP contribution in [0.5, 0.6) is 0 Å². The minimum absolute atomic E-state index is 0.0463. The van der Waals surface area contributed by atoms with E-state index in [1.807, 2.05) is 18.2 Å². The third-order valence-corrected chi connectivity index (χ3v) is 10.8. The second kappa shape index (κ2) is 49.3. The van der Waals surface area contributed by atoms with E-state index in [-0.39, 0.29) is 25.9 Å². The van der Waals surface area contributed by atoms with Crippen molar-refractivity contribution in [2.24, 2.45) is 0 Å². The fourth-order valence-corrected chi connectivity index (χ4v) is 6.89. The average molecular weight is 969 g/mol. The molecule has 0 heterocycles. The number of hydrogen-bond acceptors (Lipinski definition) is 10. The molecular weight excluding hydrogens is 880 g/mol. The molecule has 12 heteroatoms. The number of phosphoric acid groups is 1. The van der Waals surface area contributed by atoms with Crippen molar-refractivity contribution >= 4 is 25.7 Å². The summed E-state index contributed by atoms with van der Waals surface area (Å²) in [6.07, 6.45) is 59.1. The van der Waals surface area contributed by atoms with Crippen LogP contribution in [0.15, 0.2) is 122 Å². The van der Waals surface area contributed by atoms with Crippen LogP contribution in [-0.2, 0) is 42.2 Å². The predicted molar refractivity (Wildman–Crippen MR) is 279 cm³/mol. The summed E-state index contributed by atoms with van der Waals surface area (Å²) in [6, 6.07) is 0. The Balaban J connectivity index is 4.90. The lowest BCUT2D eigenvalue weighted by Gasteiger charge is -2.21. The molecule has 0 aromatic carbocycles. The highest BCUT2D eigenvalue weighted by atomic mass is 31.2. The molecule has 0 spiro atoms.